The predicted molar refractivity (Wildman–Crippen MR) is 78.4 cm³/mol. The Kier molecular flexibility index (Phi) is 7.26. The molecule has 2 N–H and O–H groups in total. The number of rotatable bonds is 9. The molecule has 1 aromatic rings. The van der Waals surface area contributed by atoms with Crippen molar-refractivity contribution in [2.45, 2.75) is 32.6 Å². The monoisotopic (exact) mass is 250 g/mol. The molecule has 3 heteroatoms. The van der Waals surface area contributed by atoms with E-state index in [2.05, 4.69) is 24.0 Å². The third kappa shape index (κ3) is 4.57. The number of anilines is 1. The number of methoxy groups -OCH3 is 1. The zero-order valence-electron chi connectivity index (χ0n) is 11.7. The van der Waals surface area contributed by atoms with Crippen LogP contribution in [0.3, 0.4) is 0 Å². The number of nitrogens with two attached hydrogens (primary N) is 1. The Balaban J connectivity index is 2.72. The van der Waals surface area contributed by atoms with Crippen LogP contribution in [-0.2, 0) is 0 Å². The van der Waals surface area contributed by atoms with E-state index in [0.717, 1.165) is 31.8 Å². The molecule has 1 rings (SSSR count). The van der Waals surface area contributed by atoms with Crippen LogP contribution in [0.25, 0.3) is 0 Å². The van der Waals surface area contributed by atoms with E-state index < -0.39 is 0 Å². The number of nitrogens with zero attached hydrogens (tertiary/aromatic N) is 1. The molecular weight excluding hydrogens is 224 g/mol. The number of benzene rings is 1. The molecule has 0 fully saturated rings. The second-order valence-electron chi connectivity index (χ2n) is 4.51. The second-order valence-corrected chi connectivity index (χ2v) is 4.51. The van der Waals surface area contributed by atoms with Gasteiger partial charge in [-0.1, -0.05) is 31.9 Å². The maximum atomic E-state index is 5.62. The number of unbranched alkanes of at least 4 members (excludes halogenated alkanes) is 2. The van der Waals surface area contributed by atoms with Gasteiger partial charge in [-0.25, -0.2) is 0 Å². The fourth-order valence-corrected chi connectivity index (χ4v) is 2.08. The van der Waals surface area contributed by atoms with Gasteiger partial charge in [0.25, 0.3) is 0 Å². The molecule has 0 aliphatic rings. The Labute approximate surface area is 111 Å². The van der Waals surface area contributed by atoms with Crippen molar-refractivity contribution in [2.75, 3.05) is 31.6 Å². The van der Waals surface area contributed by atoms with Gasteiger partial charge in [0.2, 0.25) is 0 Å². The summed E-state index contributed by atoms with van der Waals surface area (Å²) >= 11 is 0. The summed E-state index contributed by atoms with van der Waals surface area (Å²) in [6.07, 6.45) is 4.76. The maximum absolute atomic E-state index is 5.62. The van der Waals surface area contributed by atoms with E-state index in [0.29, 0.717) is 0 Å². The Morgan fingerprint density at radius 1 is 1.11 bits per heavy atom. The standard InChI is InChI=1S/C15H26N2O/c1-3-4-7-12-17(13-8-11-16)14-9-5-6-10-15(14)18-2/h5-6,9-10H,3-4,7-8,11-13,16H2,1-2H3. The van der Waals surface area contributed by atoms with E-state index in [9.17, 15) is 0 Å². The molecule has 0 aliphatic heterocycles. The van der Waals surface area contributed by atoms with Crippen molar-refractivity contribution in [2.24, 2.45) is 5.73 Å². The van der Waals surface area contributed by atoms with Crippen LogP contribution in [0.2, 0.25) is 0 Å². The van der Waals surface area contributed by atoms with Crippen LogP contribution in [-0.4, -0.2) is 26.7 Å². The molecule has 0 spiro atoms. The van der Waals surface area contributed by atoms with E-state index in [4.69, 9.17) is 10.5 Å². The Hall–Kier alpha value is -1.22. The van der Waals surface area contributed by atoms with Crippen LogP contribution in [0.4, 0.5) is 5.69 Å². The van der Waals surface area contributed by atoms with Gasteiger partial charge in [-0.15, -0.1) is 0 Å². The van der Waals surface area contributed by atoms with E-state index in [1.54, 1.807) is 7.11 Å². The first kappa shape index (κ1) is 14.8. The molecule has 102 valence electrons. The van der Waals surface area contributed by atoms with Gasteiger partial charge in [0, 0.05) is 13.1 Å². The van der Waals surface area contributed by atoms with E-state index >= 15 is 0 Å². The molecule has 3 nitrogen and oxygen atoms in total. The Bertz CT molecular complexity index is 328. The highest BCUT2D eigenvalue weighted by Gasteiger charge is 2.10. The van der Waals surface area contributed by atoms with Crippen LogP contribution in [0.5, 0.6) is 5.75 Å². The highest BCUT2D eigenvalue weighted by Crippen LogP contribution is 2.28. The fourth-order valence-electron chi connectivity index (χ4n) is 2.08. The summed E-state index contributed by atoms with van der Waals surface area (Å²) in [4.78, 5) is 2.39. The predicted octanol–water partition coefficient (Wildman–Crippen LogP) is 3.04. The minimum absolute atomic E-state index is 0.736. The average Bonchev–Trinajstić information content (AvgIpc) is 2.42. The first-order valence-electron chi connectivity index (χ1n) is 6.91. The van der Waals surface area contributed by atoms with Gasteiger partial charge in [-0.3, -0.25) is 0 Å². The smallest absolute Gasteiger partial charge is 0.142 e. The van der Waals surface area contributed by atoms with Gasteiger partial charge < -0.3 is 15.4 Å². The summed E-state index contributed by atoms with van der Waals surface area (Å²) in [5.41, 5.74) is 6.81. The van der Waals surface area contributed by atoms with Crippen molar-refractivity contribution in [3.8, 4) is 5.75 Å². The lowest BCUT2D eigenvalue weighted by molar-refractivity contribution is 0.414. The van der Waals surface area contributed by atoms with Gasteiger partial charge in [-0.05, 0) is 31.5 Å². The molecule has 0 amide bonds. The molecule has 0 saturated heterocycles. The van der Waals surface area contributed by atoms with Crippen LogP contribution in [0.1, 0.15) is 32.6 Å². The number of hydrogen-bond acceptors (Lipinski definition) is 3. The minimum Gasteiger partial charge on any atom is -0.495 e. The molecular formula is C15H26N2O. The summed E-state index contributed by atoms with van der Waals surface area (Å²) in [6, 6.07) is 8.22. The van der Waals surface area contributed by atoms with Gasteiger partial charge in [0.05, 0.1) is 12.8 Å². The Morgan fingerprint density at radius 2 is 1.83 bits per heavy atom. The van der Waals surface area contributed by atoms with E-state index in [-0.39, 0.29) is 0 Å². The molecule has 0 heterocycles. The summed E-state index contributed by atoms with van der Waals surface area (Å²) in [7, 11) is 1.73. The molecule has 0 aliphatic carbocycles. The fraction of sp³-hybridized carbons (Fsp3) is 0.600. The van der Waals surface area contributed by atoms with Crippen LogP contribution in [0.15, 0.2) is 24.3 Å². The zero-order chi connectivity index (χ0) is 13.2. The zero-order valence-corrected chi connectivity index (χ0v) is 11.7. The second kappa shape index (κ2) is 8.81. The van der Waals surface area contributed by atoms with E-state index in [1.807, 2.05) is 12.1 Å². The first-order valence-corrected chi connectivity index (χ1v) is 6.91. The summed E-state index contributed by atoms with van der Waals surface area (Å²) < 4.78 is 5.44. The molecule has 0 radical (unpaired) electrons. The van der Waals surface area contributed by atoms with Crippen molar-refractivity contribution < 1.29 is 4.74 Å². The number of hydrogen-bond donors (Lipinski definition) is 1. The van der Waals surface area contributed by atoms with E-state index in [1.165, 1.54) is 24.9 Å². The van der Waals surface area contributed by atoms with Crippen molar-refractivity contribution in [1.82, 2.24) is 0 Å². The topological polar surface area (TPSA) is 38.5 Å². The molecule has 0 saturated carbocycles. The molecule has 0 atom stereocenters. The molecule has 0 bridgehead atoms. The maximum Gasteiger partial charge on any atom is 0.142 e. The highest BCUT2D eigenvalue weighted by molar-refractivity contribution is 5.58. The molecule has 18 heavy (non-hydrogen) atoms. The van der Waals surface area contributed by atoms with Gasteiger partial charge in [0.1, 0.15) is 5.75 Å². The third-order valence-corrected chi connectivity index (χ3v) is 3.09. The van der Waals surface area contributed by atoms with Crippen LogP contribution < -0.4 is 15.4 Å². The molecule has 0 unspecified atom stereocenters. The van der Waals surface area contributed by atoms with Gasteiger partial charge in [0.15, 0.2) is 0 Å². The molecule has 1 aromatic carbocycles. The first-order chi connectivity index (χ1) is 8.83. The van der Waals surface area contributed by atoms with Crippen molar-refractivity contribution in [3.05, 3.63) is 24.3 Å². The lowest BCUT2D eigenvalue weighted by Gasteiger charge is -2.26. The van der Waals surface area contributed by atoms with Gasteiger partial charge >= 0.3 is 0 Å². The summed E-state index contributed by atoms with van der Waals surface area (Å²) in [6.45, 7) is 5.04. The van der Waals surface area contributed by atoms with Crippen molar-refractivity contribution >= 4 is 5.69 Å². The van der Waals surface area contributed by atoms with Gasteiger partial charge in [-0.2, -0.15) is 0 Å². The van der Waals surface area contributed by atoms with Crippen molar-refractivity contribution in [3.63, 3.8) is 0 Å². The van der Waals surface area contributed by atoms with Crippen molar-refractivity contribution in [1.29, 1.82) is 0 Å². The average molecular weight is 250 g/mol. The third-order valence-electron chi connectivity index (χ3n) is 3.09. The largest absolute Gasteiger partial charge is 0.495 e. The normalized spacial score (nSPS) is 10.4. The molecule has 0 aromatic heterocycles. The SMILES string of the molecule is CCCCCN(CCCN)c1ccccc1OC. The lowest BCUT2D eigenvalue weighted by atomic mass is 10.2. The van der Waals surface area contributed by atoms with Crippen LogP contribution >= 0.6 is 0 Å². The lowest BCUT2D eigenvalue weighted by Crippen LogP contribution is -2.27. The van der Waals surface area contributed by atoms with Crippen LogP contribution in [0, 0.1) is 0 Å². The number of para-hydroxylation sites is 2. The Morgan fingerprint density at radius 3 is 2.50 bits per heavy atom. The summed E-state index contributed by atoms with van der Waals surface area (Å²) in [5.74, 6) is 0.950. The summed E-state index contributed by atoms with van der Waals surface area (Å²) in [5, 5.41) is 0. The number of ether oxygens (including phenoxy) is 1. The quantitative estimate of drug-likeness (QED) is 0.685. The highest BCUT2D eigenvalue weighted by atomic mass is 16.5. The minimum atomic E-state index is 0.736.